The van der Waals surface area contributed by atoms with Gasteiger partial charge in [-0.15, -0.1) is 21.5 Å². The Hall–Kier alpha value is -3.66. The van der Waals surface area contributed by atoms with Crippen LogP contribution in [0, 0.1) is 87.3 Å². The van der Waals surface area contributed by atoms with E-state index in [0.717, 1.165) is 24.2 Å². The predicted octanol–water partition coefficient (Wildman–Crippen LogP) is 7.09. The third kappa shape index (κ3) is 5.66. The maximum Gasteiger partial charge on any atom is 0.200 e. The van der Waals surface area contributed by atoms with Crippen LogP contribution in [0.1, 0.15) is 27.7 Å². The fourth-order valence-corrected chi connectivity index (χ4v) is 7.98. The second-order valence-corrected chi connectivity index (χ2v) is 17.2. The number of rotatable bonds is 7. The molecule has 47 heavy (non-hydrogen) atoms. The lowest BCUT2D eigenvalue weighted by atomic mass is 9.14. The van der Waals surface area contributed by atoms with E-state index >= 15 is 26.3 Å². The van der Waals surface area contributed by atoms with Gasteiger partial charge in [0.2, 0.25) is 0 Å². The van der Waals surface area contributed by atoms with Crippen molar-refractivity contribution < 1.29 is 70.4 Å². The molecule has 0 aliphatic heterocycles. The highest BCUT2D eigenvalue weighted by molar-refractivity contribution is 7.25. The number of halogens is 15. The third-order valence-corrected chi connectivity index (χ3v) is 9.79. The molecule has 0 heterocycles. The van der Waals surface area contributed by atoms with E-state index in [2.05, 4.69) is 5.87 Å². The molecule has 0 aliphatic carbocycles. The minimum atomic E-state index is -5.85. The van der Waals surface area contributed by atoms with Gasteiger partial charge in [-0.2, -0.15) is 4.58 Å². The fourth-order valence-electron chi connectivity index (χ4n) is 5.78. The molecule has 0 saturated carbocycles. The van der Waals surface area contributed by atoms with E-state index in [1.165, 1.54) is 27.7 Å². The van der Waals surface area contributed by atoms with Crippen molar-refractivity contribution >= 4 is 36.5 Å². The Morgan fingerprint density at radius 1 is 0.426 bits per heavy atom. The van der Waals surface area contributed by atoms with Gasteiger partial charge in [0.15, 0.2) is 64.4 Å². The van der Waals surface area contributed by atoms with Crippen molar-refractivity contribution in [2.24, 2.45) is 0 Å². The predicted molar refractivity (Wildman–Crippen MR) is 146 cm³/mol. The molecule has 0 atom stereocenters. The van der Waals surface area contributed by atoms with Crippen LogP contribution in [0.25, 0.3) is 0 Å². The average Bonchev–Trinajstić information content (AvgIpc) is 2.98. The summed E-state index contributed by atoms with van der Waals surface area (Å²) in [6.45, 7) is 8.74. The average molecular weight is 709 g/mol. The van der Waals surface area contributed by atoms with Crippen molar-refractivity contribution in [2.75, 3.05) is 0 Å². The van der Waals surface area contributed by atoms with Crippen LogP contribution >= 0.6 is 0 Å². The number of hydrogen-bond acceptors (Lipinski definition) is 0. The van der Waals surface area contributed by atoms with Gasteiger partial charge in [-0.25, -0.2) is 65.9 Å². The molecule has 3 aromatic rings. The Morgan fingerprint density at radius 3 is 0.787 bits per heavy atom. The van der Waals surface area contributed by atoms with Gasteiger partial charge in [0.25, 0.3) is 0 Å². The van der Waals surface area contributed by atoms with Crippen LogP contribution in [0.5, 0.6) is 0 Å². The number of nitrogens with zero attached hydrogens (tertiary/aromatic N) is 1. The summed E-state index contributed by atoms with van der Waals surface area (Å²) in [6.07, 6.45) is -5.85. The molecule has 0 amide bonds. The summed E-state index contributed by atoms with van der Waals surface area (Å²) in [5.41, 5.74) is -7.94. The first kappa shape index (κ1) is 37.8. The minimum Gasteiger partial charge on any atom is -0.207 e. The summed E-state index contributed by atoms with van der Waals surface area (Å²) in [5.74, 6) is -42.9. The molecule has 0 unspecified atom stereocenters. The monoisotopic (exact) mass is 709 g/mol. The van der Waals surface area contributed by atoms with Gasteiger partial charge < -0.3 is 0 Å². The molecule has 0 saturated heterocycles. The molecular weight excluding hydrogens is 686 g/mol. The van der Waals surface area contributed by atoms with Crippen LogP contribution in [0.3, 0.4) is 0 Å². The normalized spacial score (nSPS) is 12.3. The molecule has 0 bridgehead atoms. The Labute approximate surface area is 258 Å². The molecule has 0 N–H and O–H groups in total. The van der Waals surface area contributed by atoms with Crippen LogP contribution in [0.15, 0.2) is 5.10 Å². The largest absolute Gasteiger partial charge is 0.207 e. The van der Waals surface area contributed by atoms with E-state index in [9.17, 15) is 39.5 Å². The molecule has 0 fully saturated rings. The second-order valence-electron chi connectivity index (χ2n) is 12.2. The zero-order chi connectivity index (χ0) is 36.4. The van der Waals surface area contributed by atoms with E-state index in [0.29, 0.717) is 0 Å². The zero-order valence-electron chi connectivity index (χ0n) is 25.3. The van der Waals surface area contributed by atoms with Gasteiger partial charge in [-0.3, -0.25) is 0 Å². The van der Waals surface area contributed by atoms with Crippen molar-refractivity contribution in [2.45, 2.75) is 59.4 Å². The highest BCUT2D eigenvalue weighted by Gasteiger charge is 2.53. The number of benzene rings is 3. The van der Waals surface area contributed by atoms with Crippen molar-refractivity contribution in [3.8, 4) is 0 Å². The summed E-state index contributed by atoms with van der Waals surface area (Å²) in [7, 11) is -4.13. The molecule has 0 radical (unpaired) electrons. The van der Waals surface area contributed by atoms with Crippen LogP contribution in [-0.4, -0.2) is 36.7 Å². The molecule has 256 valence electrons. The molecule has 3 aromatic carbocycles. The van der Waals surface area contributed by atoms with E-state index in [4.69, 9.17) is 0 Å². The first-order valence-electron chi connectivity index (χ1n) is 13.5. The summed E-state index contributed by atoms with van der Waals surface area (Å²) in [4.78, 5) is 0. The first-order chi connectivity index (χ1) is 21.4. The molecule has 0 spiro atoms. The van der Waals surface area contributed by atoms with Crippen LogP contribution in [-0.2, 0) is 0 Å². The van der Waals surface area contributed by atoms with Gasteiger partial charge in [-0.05, 0) is 27.7 Å². The standard InChI is InChI=1S/C29H23BF15NSi/c1-9(2)46(10(3)4)8-11(47(5,6)7)30(12-15(31)21(37)27(43)22(38)16(12)32,13-17(33)23(39)28(44)24(40)18(13)34)14-19(35)25(41)29(45)26(42)20(14)36/h9-10H,1-7H3. The van der Waals surface area contributed by atoms with Crippen LogP contribution in [0.2, 0.25) is 19.6 Å². The SMILES string of the molecule is CC(C)[N+](=C=C([B-](c1c(F)c(F)c(F)c(F)c1F)(c1c(F)c(F)c(F)c(F)c1F)c1c(F)c(F)c(F)c(F)c1F)[Si](C)(C)C)C(C)C. The fraction of sp³-hybridized carbons (Fsp3) is 0.310. The highest BCUT2D eigenvalue weighted by atomic mass is 28.3. The van der Waals surface area contributed by atoms with Gasteiger partial charge in [0.1, 0.15) is 46.9 Å². The topological polar surface area (TPSA) is 3.01 Å². The summed E-state index contributed by atoms with van der Waals surface area (Å²) < 4.78 is 230. The molecule has 0 aromatic heterocycles. The van der Waals surface area contributed by atoms with E-state index in [1.807, 2.05) is 0 Å². The van der Waals surface area contributed by atoms with Crippen molar-refractivity contribution in [1.29, 1.82) is 0 Å². The number of hydrogen-bond donors (Lipinski definition) is 0. The minimum absolute atomic E-state index is 0.848. The van der Waals surface area contributed by atoms with Crippen molar-refractivity contribution in [3.63, 3.8) is 0 Å². The summed E-state index contributed by atoms with van der Waals surface area (Å²) >= 11 is 0. The van der Waals surface area contributed by atoms with E-state index < -0.39 is 135 Å². The maximum atomic E-state index is 16.0. The Bertz CT molecular complexity index is 1610. The van der Waals surface area contributed by atoms with Crippen molar-refractivity contribution in [1.82, 2.24) is 0 Å². The highest BCUT2D eigenvalue weighted by Crippen LogP contribution is 2.34. The van der Waals surface area contributed by atoms with Gasteiger partial charge in [0, 0.05) is 8.07 Å². The quantitative estimate of drug-likeness (QED) is 0.0617. The molecule has 3 rings (SSSR count). The van der Waals surface area contributed by atoms with Crippen LogP contribution in [0.4, 0.5) is 65.9 Å². The Morgan fingerprint density at radius 2 is 0.617 bits per heavy atom. The smallest absolute Gasteiger partial charge is 0.200 e. The maximum absolute atomic E-state index is 16.0. The lowest BCUT2D eigenvalue weighted by Gasteiger charge is -2.48. The molecule has 18 heteroatoms. The van der Waals surface area contributed by atoms with Gasteiger partial charge in [-0.1, -0.05) is 19.6 Å². The molecule has 1 nitrogen and oxygen atoms in total. The third-order valence-electron chi connectivity index (χ3n) is 7.63. The van der Waals surface area contributed by atoms with E-state index in [1.54, 1.807) is 0 Å². The second kappa shape index (κ2) is 12.7. The van der Waals surface area contributed by atoms with Crippen LogP contribution < -0.4 is 16.4 Å². The summed E-state index contributed by atoms with van der Waals surface area (Å²) in [6, 6.07) is -1.70. The zero-order valence-corrected chi connectivity index (χ0v) is 26.3. The Balaban J connectivity index is 3.23. The Kier molecular flexibility index (Phi) is 10.3. The van der Waals surface area contributed by atoms with Gasteiger partial charge >= 0.3 is 0 Å². The van der Waals surface area contributed by atoms with Gasteiger partial charge in [0.05, 0.1) is 0 Å². The molecular formula is C29H23BF15NSi. The molecule has 0 aliphatic rings. The lowest BCUT2D eigenvalue weighted by molar-refractivity contribution is -0.581. The lowest BCUT2D eigenvalue weighted by Crippen LogP contribution is -2.77. The summed E-state index contributed by atoms with van der Waals surface area (Å²) in [5, 5.41) is -1.26. The van der Waals surface area contributed by atoms with Crippen molar-refractivity contribution in [3.05, 3.63) is 92.4 Å². The first-order valence-corrected chi connectivity index (χ1v) is 17.0. The van der Waals surface area contributed by atoms with E-state index in [-0.39, 0.29) is 0 Å².